The van der Waals surface area contributed by atoms with Crippen molar-refractivity contribution < 1.29 is 19.8 Å². The number of phenolic OH excluding ortho intramolecular Hbond substituents is 1. The largest absolute Gasteiger partial charge is 0.508 e. The number of phenols is 1. The summed E-state index contributed by atoms with van der Waals surface area (Å²) in [4.78, 5) is 31.1. The highest BCUT2D eigenvalue weighted by molar-refractivity contribution is 6.51. The van der Waals surface area contributed by atoms with Gasteiger partial charge in [-0.25, -0.2) is 0 Å². The van der Waals surface area contributed by atoms with Gasteiger partial charge in [0.1, 0.15) is 11.5 Å². The lowest BCUT2D eigenvalue weighted by atomic mass is 9.95. The number of rotatable bonds is 3. The SMILES string of the molecule is N#Cc1ccc(N2C(=O)C(=O)/C(=C(\O)c3ccncc3)C2c2ccc(O)cc2)cc1. The molecule has 2 aromatic carbocycles. The molecule has 1 unspecified atom stereocenters. The Morgan fingerprint density at radius 3 is 2.20 bits per heavy atom. The number of benzene rings is 2. The maximum Gasteiger partial charge on any atom is 0.300 e. The molecule has 1 atom stereocenters. The monoisotopic (exact) mass is 397 g/mol. The standard InChI is InChI=1S/C23H15N3O4/c24-13-14-1-5-17(6-2-14)26-20(15-3-7-18(27)8-4-15)19(22(29)23(26)30)21(28)16-9-11-25-12-10-16/h1-12,20,27-28H/b21-19-. The first-order chi connectivity index (χ1) is 14.5. The second kappa shape index (κ2) is 7.53. The fourth-order valence-corrected chi connectivity index (χ4v) is 3.43. The summed E-state index contributed by atoms with van der Waals surface area (Å²) in [6, 6.07) is 16.5. The second-order valence-corrected chi connectivity index (χ2v) is 6.66. The molecule has 2 heterocycles. The number of aliphatic hydroxyl groups is 1. The molecule has 0 aliphatic carbocycles. The van der Waals surface area contributed by atoms with E-state index < -0.39 is 17.7 Å². The molecule has 1 fully saturated rings. The van der Waals surface area contributed by atoms with Gasteiger partial charge in [-0.3, -0.25) is 19.5 Å². The van der Waals surface area contributed by atoms with E-state index in [1.807, 2.05) is 6.07 Å². The molecule has 1 aromatic heterocycles. The highest BCUT2D eigenvalue weighted by Crippen LogP contribution is 2.42. The first kappa shape index (κ1) is 18.9. The summed E-state index contributed by atoms with van der Waals surface area (Å²) in [5.74, 6) is -1.91. The van der Waals surface area contributed by atoms with Gasteiger partial charge in [0.05, 0.1) is 23.2 Å². The van der Waals surface area contributed by atoms with Gasteiger partial charge in [0.15, 0.2) is 0 Å². The number of ketones is 1. The number of amides is 1. The average Bonchev–Trinajstić information content (AvgIpc) is 3.05. The third kappa shape index (κ3) is 3.16. The Labute approximate surface area is 171 Å². The van der Waals surface area contributed by atoms with E-state index in [4.69, 9.17) is 5.26 Å². The molecule has 30 heavy (non-hydrogen) atoms. The van der Waals surface area contributed by atoms with Crippen LogP contribution in [0.25, 0.3) is 5.76 Å². The highest BCUT2D eigenvalue weighted by atomic mass is 16.3. The molecule has 0 spiro atoms. The van der Waals surface area contributed by atoms with Crippen molar-refractivity contribution in [2.24, 2.45) is 0 Å². The van der Waals surface area contributed by atoms with Gasteiger partial charge in [0.2, 0.25) is 0 Å². The van der Waals surface area contributed by atoms with Crippen molar-refractivity contribution in [3.8, 4) is 11.8 Å². The Kier molecular flexibility index (Phi) is 4.74. The van der Waals surface area contributed by atoms with E-state index in [0.29, 0.717) is 22.4 Å². The molecule has 7 heteroatoms. The van der Waals surface area contributed by atoms with Crippen molar-refractivity contribution in [1.29, 1.82) is 5.26 Å². The van der Waals surface area contributed by atoms with Crippen molar-refractivity contribution in [1.82, 2.24) is 4.98 Å². The van der Waals surface area contributed by atoms with Crippen LogP contribution in [0.2, 0.25) is 0 Å². The van der Waals surface area contributed by atoms with Gasteiger partial charge in [-0.2, -0.15) is 5.26 Å². The molecule has 2 N–H and O–H groups in total. The maximum atomic E-state index is 13.0. The number of pyridine rings is 1. The normalized spacial score (nSPS) is 17.7. The minimum absolute atomic E-state index is 0.0307. The van der Waals surface area contributed by atoms with Crippen LogP contribution in [0.1, 0.15) is 22.7 Å². The summed E-state index contributed by atoms with van der Waals surface area (Å²) in [6.07, 6.45) is 2.95. The zero-order valence-corrected chi connectivity index (χ0v) is 15.6. The minimum atomic E-state index is -0.910. The Balaban J connectivity index is 1.93. The number of Topliss-reactive ketones (excluding diaryl/α,β-unsaturated/α-hetero) is 1. The quantitative estimate of drug-likeness (QED) is 0.398. The Morgan fingerprint density at radius 1 is 0.967 bits per heavy atom. The number of aromatic hydroxyl groups is 1. The summed E-state index contributed by atoms with van der Waals surface area (Å²) in [7, 11) is 0. The molecule has 1 saturated heterocycles. The molecule has 1 aliphatic heterocycles. The lowest BCUT2D eigenvalue weighted by Crippen LogP contribution is -2.29. The molecule has 0 saturated carbocycles. The molecule has 0 bridgehead atoms. The number of nitrogens with zero attached hydrogens (tertiary/aromatic N) is 3. The number of carbonyl (C=O) groups excluding carboxylic acids is 2. The minimum Gasteiger partial charge on any atom is -0.508 e. The van der Waals surface area contributed by atoms with E-state index >= 15 is 0 Å². The highest BCUT2D eigenvalue weighted by Gasteiger charge is 2.46. The predicted molar refractivity (Wildman–Crippen MR) is 108 cm³/mol. The molecule has 1 aliphatic rings. The number of anilines is 1. The van der Waals surface area contributed by atoms with Gasteiger partial charge in [-0.1, -0.05) is 12.1 Å². The van der Waals surface area contributed by atoms with Gasteiger partial charge >= 0.3 is 0 Å². The number of aromatic nitrogens is 1. The topological polar surface area (TPSA) is 115 Å². The Bertz CT molecular complexity index is 1190. The van der Waals surface area contributed by atoms with E-state index in [-0.39, 0.29) is 17.1 Å². The van der Waals surface area contributed by atoms with E-state index in [9.17, 15) is 19.8 Å². The van der Waals surface area contributed by atoms with Gasteiger partial charge in [0, 0.05) is 23.6 Å². The van der Waals surface area contributed by atoms with E-state index in [2.05, 4.69) is 4.98 Å². The van der Waals surface area contributed by atoms with Gasteiger partial charge in [-0.05, 0) is 54.1 Å². The van der Waals surface area contributed by atoms with Gasteiger partial charge in [0.25, 0.3) is 11.7 Å². The van der Waals surface area contributed by atoms with Crippen LogP contribution in [0.15, 0.2) is 78.6 Å². The fraction of sp³-hybridized carbons (Fsp3) is 0.0435. The molecule has 1 amide bonds. The zero-order chi connectivity index (χ0) is 21.3. The summed E-state index contributed by atoms with van der Waals surface area (Å²) in [5, 5.41) is 29.6. The molecule has 3 aromatic rings. The Morgan fingerprint density at radius 2 is 1.60 bits per heavy atom. The van der Waals surface area contributed by atoms with Crippen LogP contribution in [0, 0.1) is 11.3 Å². The second-order valence-electron chi connectivity index (χ2n) is 6.66. The lowest BCUT2D eigenvalue weighted by molar-refractivity contribution is -0.132. The third-order valence-electron chi connectivity index (χ3n) is 4.88. The zero-order valence-electron chi connectivity index (χ0n) is 15.6. The smallest absolute Gasteiger partial charge is 0.300 e. The van der Waals surface area contributed by atoms with Gasteiger partial charge < -0.3 is 10.2 Å². The van der Waals surface area contributed by atoms with Crippen LogP contribution >= 0.6 is 0 Å². The summed E-state index contributed by atoms with van der Waals surface area (Å²) in [6.45, 7) is 0. The predicted octanol–water partition coefficient (Wildman–Crippen LogP) is 3.29. The van der Waals surface area contributed by atoms with Crippen LogP contribution in [-0.2, 0) is 9.59 Å². The summed E-state index contributed by atoms with van der Waals surface area (Å²) >= 11 is 0. The first-order valence-corrected chi connectivity index (χ1v) is 9.01. The molecule has 0 radical (unpaired) electrons. The van der Waals surface area contributed by atoms with E-state index in [1.165, 1.54) is 29.4 Å². The molecular weight excluding hydrogens is 382 g/mol. The third-order valence-corrected chi connectivity index (χ3v) is 4.88. The van der Waals surface area contributed by atoms with Crippen molar-refractivity contribution in [3.63, 3.8) is 0 Å². The lowest BCUT2D eigenvalue weighted by Gasteiger charge is -2.25. The van der Waals surface area contributed by atoms with Gasteiger partial charge in [-0.15, -0.1) is 0 Å². The number of carbonyl (C=O) groups is 2. The number of nitriles is 1. The first-order valence-electron chi connectivity index (χ1n) is 9.01. The summed E-state index contributed by atoms with van der Waals surface area (Å²) in [5.41, 5.74) is 1.64. The number of hydrogen-bond donors (Lipinski definition) is 2. The fourth-order valence-electron chi connectivity index (χ4n) is 3.43. The van der Waals surface area contributed by atoms with Crippen molar-refractivity contribution in [2.45, 2.75) is 6.04 Å². The van der Waals surface area contributed by atoms with Crippen molar-refractivity contribution >= 4 is 23.1 Å². The van der Waals surface area contributed by atoms with Crippen molar-refractivity contribution in [3.05, 3.63) is 95.3 Å². The molecule has 4 rings (SSSR count). The average molecular weight is 397 g/mol. The maximum absolute atomic E-state index is 13.0. The summed E-state index contributed by atoms with van der Waals surface area (Å²) < 4.78 is 0. The Hall–Kier alpha value is -4.44. The van der Waals surface area contributed by atoms with E-state index in [1.54, 1.807) is 48.5 Å². The van der Waals surface area contributed by atoms with Crippen LogP contribution in [0.4, 0.5) is 5.69 Å². The van der Waals surface area contributed by atoms with Crippen LogP contribution < -0.4 is 4.90 Å². The van der Waals surface area contributed by atoms with Crippen LogP contribution in [-0.4, -0.2) is 26.9 Å². The molecular formula is C23H15N3O4. The van der Waals surface area contributed by atoms with Crippen molar-refractivity contribution in [2.75, 3.05) is 4.90 Å². The molecule has 146 valence electrons. The van der Waals surface area contributed by atoms with E-state index in [0.717, 1.165) is 0 Å². The van der Waals surface area contributed by atoms with Crippen LogP contribution in [0.5, 0.6) is 5.75 Å². The van der Waals surface area contributed by atoms with Crippen LogP contribution in [0.3, 0.4) is 0 Å². The molecule has 7 nitrogen and oxygen atoms in total. The number of aliphatic hydroxyl groups excluding tert-OH is 1. The number of hydrogen-bond acceptors (Lipinski definition) is 6.